The molecule has 3 atom stereocenters. The Morgan fingerprint density at radius 3 is 1.96 bits per heavy atom. The van der Waals surface area contributed by atoms with Crippen molar-refractivity contribution in [3.05, 3.63) is 96.1 Å². The van der Waals surface area contributed by atoms with Gasteiger partial charge in [0.2, 0.25) is 15.9 Å². The third-order valence-corrected chi connectivity index (χ3v) is 9.84. The topological polar surface area (TPSA) is 151 Å². The molecule has 0 saturated carbocycles. The summed E-state index contributed by atoms with van der Waals surface area (Å²) < 4.78 is 33.2. The largest absolute Gasteiger partial charge is 0.453 e. The molecule has 2 amide bonds. The summed E-state index contributed by atoms with van der Waals surface area (Å²) in [4.78, 5) is 26.5. The van der Waals surface area contributed by atoms with Crippen molar-refractivity contribution in [2.45, 2.75) is 74.9 Å². The fraction of sp³-hybridized carbons (Fsp3) is 0.412. The number of methoxy groups -OCH3 is 1. The van der Waals surface area contributed by atoms with Crippen LogP contribution >= 0.6 is 0 Å². The number of ether oxygens (including phenoxy) is 1. The Bertz CT molecular complexity index is 1400. The van der Waals surface area contributed by atoms with E-state index in [1.54, 1.807) is 12.1 Å². The zero-order chi connectivity index (χ0) is 32.8. The lowest BCUT2D eigenvalue weighted by molar-refractivity contribution is -0.124. The summed E-state index contributed by atoms with van der Waals surface area (Å²) in [5, 5.41) is 16.1. The van der Waals surface area contributed by atoms with Crippen LogP contribution in [0, 0.1) is 0 Å². The summed E-state index contributed by atoms with van der Waals surface area (Å²) in [7, 11) is -2.60. The minimum atomic E-state index is -3.86. The summed E-state index contributed by atoms with van der Waals surface area (Å²) in [6, 6.07) is 23.2. The molecule has 45 heavy (non-hydrogen) atoms. The van der Waals surface area contributed by atoms with Crippen LogP contribution in [0.5, 0.6) is 0 Å². The summed E-state index contributed by atoms with van der Waals surface area (Å²) in [5.41, 5.74) is 7.93. The van der Waals surface area contributed by atoms with Crippen molar-refractivity contribution in [2.75, 3.05) is 26.0 Å². The molecule has 0 unspecified atom stereocenters. The van der Waals surface area contributed by atoms with Crippen molar-refractivity contribution >= 4 is 27.7 Å². The maximum Gasteiger partial charge on any atom is 0.407 e. The van der Waals surface area contributed by atoms with Gasteiger partial charge in [0.25, 0.3) is 0 Å². The number of carbonyl (C=O) groups excluding carboxylic acids is 2. The molecule has 0 spiro atoms. The Balaban J connectivity index is 1.77. The molecule has 3 rings (SSSR count). The molecule has 3 aromatic rings. The maximum atomic E-state index is 13.9. The van der Waals surface area contributed by atoms with Gasteiger partial charge in [-0.3, -0.25) is 4.79 Å². The van der Waals surface area contributed by atoms with Gasteiger partial charge in [0.05, 0.1) is 18.6 Å². The average molecular weight is 639 g/mol. The lowest BCUT2D eigenvalue weighted by atomic mass is 9.84. The van der Waals surface area contributed by atoms with Crippen LogP contribution in [0.1, 0.15) is 63.0 Å². The fourth-order valence-corrected chi connectivity index (χ4v) is 7.21. The second-order valence-corrected chi connectivity index (χ2v) is 12.9. The minimum absolute atomic E-state index is 0.123. The Morgan fingerprint density at radius 2 is 1.47 bits per heavy atom. The molecule has 0 aliphatic rings. The normalized spacial score (nSPS) is 13.6. The zero-order valence-corrected chi connectivity index (χ0v) is 27.1. The van der Waals surface area contributed by atoms with Crippen molar-refractivity contribution in [1.82, 2.24) is 14.9 Å². The quantitative estimate of drug-likeness (QED) is 0.157. The van der Waals surface area contributed by atoms with Crippen molar-refractivity contribution in [3.8, 4) is 0 Å². The predicted molar refractivity (Wildman–Crippen MR) is 176 cm³/mol. The number of hydrogen-bond donors (Lipinski definition) is 4. The van der Waals surface area contributed by atoms with Gasteiger partial charge < -0.3 is 26.2 Å². The molecule has 0 aromatic heterocycles. The number of amides is 2. The Hall–Kier alpha value is -3.93. The van der Waals surface area contributed by atoms with Crippen LogP contribution < -0.4 is 16.4 Å². The third kappa shape index (κ3) is 9.78. The van der Waals surface area contributed by atoms with Crippen LogP contribution in [-0.2, 0) is 19.6 Å². The Morgan fingerprint density at radius 1 is 0.889 bits per heavy atom. The van der Waals surface area contributed by atoms with E-state index < -0.39 is 34.1 Å². The molecule has 0 heterocycles. The first-order valence-corrected chi connectivity index (χ1v) is 16.8. The SMILES string of the molecule is CCCN([C@H](CO)CCC[C@H](CC)NC(=O)[C@@H](NC(=O)OC)C(c1ccccc1)c1ccccc1)S(=O)(=O)c1ccc(N)cc1. The van der Waals surface area contributed by atoms with Crippen molar-refractivity contribution in [2.24, 2.45) is 0 Å². The standard InChI is InChI=1S/C34H46N4O6S/c1-4-23-38(45(42,43)30-21-19-27(35)20-22-30)29(24-39)18-12-17-28(5-2)36-33(40)32(37-34(41)44-3)31(25-13-8-6-9-14-25)26-15-10-7-11-16-26/h6-11,13-16,19-22,28-29,31-32,39H,4-5,12,17-18,23-24,35H2,1-3H3,(H,36,40)(H,37,41)/t28-,29-,32-/m0/s1. The first-order chi connectivity index (χ1) is 21.7. The average Bonchev–Trinajstić information content (AvgIpc) is 3.06. The van der Waals surface area contributed by atoms with Crippen molar-refractivity contribution in [3.63, 3.8) is 0 Å². The number of aliphatic hydroxyl groups is 1. The van der Waals surface area contributed by atoms with Crippen LogP contribution in [0.25, 0.3) is 0 Å². The molecule has 3 aromatic carbocycles. The molecule has 0 fully saturated rings. The van der Waals surface area contributed by atoms with Crippen LogP contribution in [0.2, 0.25) is 0 Å². The number of nitrogens with two attached hydrogens (primary N) is 1. The molecule has 0 aliphatic heterocycles. The van der Waals surface area contributed by atoms with Gasteiger partial charge in [-0.15, -0.1) is 0 Å². The molecular weight excluding hydrogens is 592 g/mol. The molecule has 0 radical (unpaired) electrons. The van der Waals surface area contributed by atoms with Crippen LogP contribution in [0.3, 0.4) is 0 Å². The van der Waals surface area contributed by atoms with Crippen molar-refractivity contribution in [1.29, 1.82) is 0 Å². The predicted octanol–water partition coefficient (Wildman–Crippen LogP) is 4.65. The summed E-state index contributed by atoms with van der Waals surface area (Å²) in [6.07, 6.45) is 1.98. The highest BCUT2D eigenvalue weighted by Crippen LogP contribution is 2.29. The van der Waals surface area contributed by atoms with Gasteiger partial charge in [-0.2, -0.15) is 4.31 Å². The van der Waals surface area contributed by atoms with Gasteiger partial charge in [0.1, 0.15) is 6.04 Å². The molecular formula is C34H46N4O6S. The highest BCUT2D eigenvalue weighted by atomic mass is 32.2. The monoisotopic (exact) mass is 638 g/mol. The van der Waals surface area contributed by atoms with Crippen LogP contribution in [0.4, 0.5) is 10.5 Å². The smallest absolute Gasteiger partial charge is 0.407 e. The van der Waals surface area contributed by atoms with E-state index in [9.17, 15) is 23.1 Å². The number of rotatable bonds is 17. The van der Waals surface area contributed by atoms with Gasteiger partial charge in [-0.05, 0) is 67.5 Å². The van der Waals surface area contributed by atoms with E-state index in [1.807, 2.05) is 74.5 Å². The number of alkyl carbamates (subject to hydrolysis) is 1. The zero-order valence-electron chi connectivity index (χ0n) is 26.3. The van der Waals surface area contributed by atoms with E-state index in [0.717, 1.165) is 11.1 Å². The fourth-order valence-electron chi connectivity index (χ4n) is 5.47. The van der Waals surface area contributed by atoms with E-state index in [0.29, 0.717) is 37.8 Å². The Kier molecular flexibility index (Phi) is 13.8. The number of hydrogen-bond acceptors (Lipinski definition) is 7. The van der Waals surface area contributed by atoms with Gasteiger partial charge >= 0.3 is 6.09 Å². The van der Waals surface area contributed by atoms with E-state index in [4.69, 9.17) is 10.5 Å². The number of nitrogen functional groups attached to an aromatic ring is 1. The number of benzene rings is 3. The highest BCUT2D eigenvalue weighted by molar-refractivity contribution is 7.89. The molecule has 244 valence electrons. The van der Waals surface area contributed by atoms with Gasteiger partial charge in [-0.1, -0.05) is 74.5 Å². The number of aliphatic hydroxyl groups excluding tert-OH is 1. The van der Waals surface area contributed by atoms with Crippen LogP contribution in [-0.4, -0.2) is 68.2 Å². The summed E-state index contributed by atoms with van der Waals surface area (Å²) >= 11 is 0. The van der Waals surface area contributed by atoms with Crippen LogP contribution in [0.15, 0.2) is 89.8 Å². The highest BCUT2D eigenvalue weighted by Gasteiger charge is 2.34. The van der Waals surface area contributed by atoms with E-state index >= 15 is 0 Å². The van der Waals surface area contributed by atoms with E-state index in [2.05, 4.69) is 10.6 Å². The molecule has 0 aliphatic carbocycles. The van der Waals surface area contributed by atoms with E-state index in [-0.39, 0.29) is 30.0 Å². The molecule has 5 N–H and O–H groups in total. The number of sulfonamides is 1. The number of nitrogens with zero attached hydrogens (tertiary/aromatic N) is 1. The first-order valence-electron chi connectivity index (χ1n) is 15.4. The van der Waals surface area contributed by atoms with Gasteiger partial charge in [-0.25, -0.2) is 13.2 Å². The molecule has 11 heteroatoms. The minimum Gasteiger partial charge on any atom is -0.453 e. The van der Waals surface area contributed by atoms with Gasteiger partial charge in [0, 0.05) is 30.2 Å². The summed E-state index contributed by atoms with van der Waals surface area (Å²) in [5.74, 6) is -0.842. The third-order valence-electron chi connectivity index (χ3n) is 7.87. The van der Waals surface area contributed by atoms with E-state index in [1.165, 1.54) is 23.5 Å². The lowest BCUT2D eigenvalue weighted by Crippen LogP contribution is -2.52. The lowest BCUT2D eigenvalue weighted by Gasteiger charge is -2.31. The van der Waals surface area contributed by atoms with Gasteiger partial charge in [0.15, 0.2) is 0 Å². The maximum absolute atomic E-state index is 13.9. The molecule has 0 saturated heterocycles. The Labute approximate surface area is 267 Å². The second-order valence-electron chi connectivity index (χ2n) is 11.0. The number of nitrogens with one attached hydrogen (secondary N) is 2. The number of carbonyl (C=O) groups is 2. The summed E-state index contributed by atoms with van der Waals surface area (Å²) in [6.45, 7) is 3.77. The first kappa shape index (κ1) is 35.5. The molecule has 0 bridgehead atoms. The second kappa shape index (κ2) is 17.5. The van der Waals surface area contributed by atoms with Crippen molar-refractivity contribution < 1.29 is 27.9 Å². The molecule has 10 nitrogen and oxygen atoms in total. The number of anilines is 1.